The highest BCUT2D eigenvalue weighted by Crippen LogP contribution is 2.38. The number of hydrogen-bond donors (Lipinski definition) is 1. The summed E-state index contributed by atoms with van der Waals surface area (Å²) in [5.74, 6) is 1.91. The monoisotopic (exact) mass is 362 g/mol. The van der Waals surface area contributed by atoms with Crippen molar-refractivity contribution in [3.63, 3.8) is 0 Å². The second-order valence-electron chi connectivity index (χ2n) is 8.00. The molecule has 0 spiro atoms. The second-order valence-corrected chi connectivity index (χ2v) is 8.00. The van der Waals surface area contributed by atoms with Crippen LogP contribution in [0.15, 0.2) is 36.7 Å². The number of nitrogens with zero attached hydrogens (tertiary/aromatic N) is 3. The van der Waals surface area contributed by atoms with E-state index >= 15 is 0 Å². The van der Waals surface area contributed by atoms with Crippen molar-refractivity contribution in [2.45, 2.75) is 43.9 Å². The normalized spacial score (nSPS) is 20.8. The van der Waals surface area contributed by atoms with Crippen molar-refractivity contribution in [1.29, 1.82) is 0 Å². The van der Waals surface area contributed by atoms with Gasteiger partial charge in [-0.1, -0.05) is 18.2 Å². The molecule has 0 saturated carbocycles. The van der Waals surface area contributed by atoms with Gasteiger partial charge >= 0.3 is 0 Å². The van der Waals surface area contributed by atoms with Crippen molar-refractivity contribution in [2.75, 3.05) is 13.1 Å². The third-order valence-electron chi connectivity index (χ3n) is 6.44. The van der Waals surface area contributed by atoms with Crippen molar-refractivity contribution < 1.29 is 4.79 Å². The van der Waals surface area contributed by atoms with E-state index in [2.05, 4.69) is 50.7 Å². The summed E-state index contributed by atoms with van der Waals surface area (Å²) in [6, 6.07) is 8.44. The molecule has 1 aliphatic carbocycles. The lowest BCUT2D eigenvalue weighted by atomic mass is 9.85. The Balaban J connectivity index is 1.35. The fourth-order valence-electron chi connectivity index (χ4n) is 5.01. The first-order valence-electron chi connectivity index (χ1n) is 10.1. The Labute approximate surface area is 159 Å². The predicted molar refractivity (Wildman–Crippen MR) is 106 cm³/mol. The summed E-state index contributed by atoms with van der Waals surface area (Å²) in [5, 5.41) is 1.29. The molecule has 1 amide bonds. The Bertz CT molecular complexity index is 977. The highest BCUT2D eigenvalue weighted by atomic mass is 16.2. The number of aryl methyl sites for hydroxylation is 2. The van der Waals surface area contributed by atoms with Crippen LogP contribution in [0.25, 0.3) is 10.9 Å². The van der Waals surface area contributed by atoms with Crippen LogP contribution < -0.4 is 0 Å². The van der Waals surface area contributed by atoms with Crippen LogP contribution in [0.1, 0.15) is 54.6 Å². The first-order chi connectivity index (χ1) is 13.2. The van der Waals surface area contributed by atoms with Crippen LogP contribution in [-0.2, 0) is 18.3 Å². The van der Waals surface area contributed by atoms with Gasteiger partial charge in [-0.25, -0.2) is 4.98 Å². The van der Waals surface area contributed by atoms with Crippen molar-refractivity contribution >= 4 is 16.8 Å². The van der Waals surface area contributed by atoms with Gasteiger partial charge in [0.05, 0.1) is 5.92 Å². The van der Waals surface area contributed by atoms with Gasteiger partial charge in [-0.15, -0.1) is 0 Å². The molecular weight excluding hydrogens is 336 g/mol. The molecule has 1 aliphatic heterocycles. The summed E-state index contributed by atoms with van der Waals surface area (Å²) in [5.41, 5.74) is 3.69. The van der Waals surface area contributed by atoms with Crippen LogP contribution in [0, 0.1) is 0 Å². The highest BCUT2D eigenvalue weighted by molar-refractivity contribution is 5.90. The number of imidazole rings is 1. The van der Waals surface area contributed by atoms with E-state index in [0.717, 1.165) is 56.5 Å². The maximum Gasteiger partial charge on any atom is 0.231 e. The Morgan fingerprint density at radius 2 is 2.00 bits per heavy atom. The van der Waals surface area contributed by atoms with E-state index in [1.807, 2.05) is 12.4 Å². The quantitative estimate of drug-likeness (QED) is 0.755. The smallest absolute Gasteiger partial charge is 0.231 e. The van der Waals surface area contributed by atoms with Gasteiger partial charge in [-0.2, -0.15) is 0 Å². The highest BCUT2D eigenvalue weighted by Gasteiger charge is 2.34. The number of amides is 1. The first-order valence-corrected chi connectivity index (χ1v) is 10.1. The maximum absolute atomic E-state index is 13.3. The molecule has 5 rings (SSSR count). The minimum atomic E-state index is -0.00846. The number of para-hydroxylation sites is 1. The van der Waals surface area contributed by atoms with E-state index in [-0.39, 0.29) is 5.92 Å². The van der Waals surface area contributed by atoms with Crippen LogP contribution in [0.2, 0.25) is 0 Å². The number of H-pyrrole nitrogens is 1. The van der Waals surface area contributed by atoms with Gasteiger partial charge < -0.3 is 14.5 Å². The zero-order chi connectivity index (χ0) is 18.4. The number of piperidine rings is 1. The fourth-order valence-corrected chi connectivity index (χ4v) is 5.01. The zero-order valence-electron chi connectivity index (χ0n) is 15.8. The summed E-state index contributed by atoms with van der Waals surface area (Å²) in [7, 11) is 2.05. The number of nitrogens with one attached hydrogen (secondary N) is 1. The van der Waals surface area contributed by atoms with Crippen molar-refractivity contribution in [2.24, 2.45) is 7.05 Å². The molecule has 1 fully saturated rings. The topological polar surface area (TPSA) is 53.9 Å². The average molecular weight is 362 g/mol. The van der Waals surface area contributed by atoms with Crippen molar-refractivity contribution in [3.8, 4) is 0 Å². The molecule has 1 atom stereocenters. The lowest BCUT2D eigenvalue weighted by Crippen LogP contribution is -2.41. The van der Waals surface area contributed by atoms with Gasteiger partial charge in [-0.05, 0) is 43.7 Å². The minimum Gasteiger partial charge on any atom is -0.357 e. The molecule has 5 heteroatoms. The minimum absolute atomic E-state index is 0.00846. The van der Waals surface area contributed by atoms with E-state index in [0.29, 0.717) is 11.8 Å². The third kappa shape index (κ3) is 2.76. The number of hydrogen-bond acceptors (Lipinski definition) is 2. The van der Waals surface area contributed by atoms with E-state index in [4.69, 9.17) is 0 Å². The van der Waals surface area contributed by atoms with Gasteiger partial charge in [0.1, 0.15) is 5.82 Å². The van der Waals surface area contributed by atoms with E-state index in [9.17, 15) is 4.79 Å². The summed E-state index contributed by atoms with van der Waals surface area (Å²) in [4.78, 5) is 23.5. The number of aromatic nitrogens is 3. The molecule has 3 aromatic rings. The molecule has 2 aliphatic rings. The summed E-state index contributed by atoms with van der Waals surface area (Å²) in [6.45, 7) is 1.67. The van der Waals surface area contributed by atoms with Gasteiger partial charge in [0, 0.05) is 55.0 Å². The number of likely N-dealkylation sites (tertiary alicyclic amines) is 1. The van der Waals surface area contributed by atoms with Crippen molar-refractivity contribution in [1.82, 2.24) is 19.4 Å². The molecule has 1 saturated heterocycles. The number of carbonyl (C=O) groups excluding carboxylic acids is 1. The number of benzene rings is 1. The first kappa shape index (κ1) is 16.6. The van der Waals surface area contributed by atoms with E-state index in [1.54, 1.807) is 0 Å². The van der Waals surface area contributed by atoms with Gasteiger partial charge in [0.25, 0.3) is 0 Å². The molecule has 27 heavy (non-hydrogen) atoms. The SMILES string of the molecule is Cn1ccnc1C1CCN(C(=O)[C@@H]2CCCc3c2[nH]c2ccccc32)CC1. The summed E-state index contributed by atoms with van der Waals surface area (Å²) >= 11 is 0. The maximum atomic E-state index is 13.3. The second kappa shape index (κ2) is 6.55. The van der Waals surface area contributed by atoms with Gasteiger partial charge in [0.2, 0.25) is 5.91 Å². The molecule has 0 radical (unpaired) electrons. The molecule has 2 aromatic heterocycles. The third-order valence-corrected chi connectivity index (χ3v) is 6.44. The Morgan fingerprint density at radius 3 is 2.78 bits per heavy atom. The Hall–Kier alpha value is -2.56. The molecule has 1 aromatic carbocycles. The number of carbonyl (C=O) groups is 1. The van der Waals surface area contributed by atoms with Crippen LogP contribution in [-0.4, -0.2) is 38.4 Å². The van der Waals surface area contributed by atoms with Gasteiger partial charge in [0.15, 0.2) is 0 Å². The molecule has 0 bridgehead atoms. The number of fused-ring (bicyclic) bond motifs is 3. The average Bonchev–Trinajstić information content (AvgIpc) is 3.31. The fraction of sp³-hybridized carbons (Fsp3) is 0.455. The number of aromatic amines is 1. The lowest BCUT2D eigenvalue weighted by Gasteiger charge is -2.35. The molecular formula is C22H26N4O. The molecule has 1 N–H and O–H groups in total. The molecule has 140 valence electrons. The largest absolute Gasteiger partial charge is 0.357 e. The summed E-state index contributed by atoms with van der Waals surface area (Å²) < 4.78 is 2.11. The standard InChI is InChI=1S/C22H26N4O/c1-25-14-11-23-21(25)15-9-12-26(13-10-15)22(27)18-7-4-6-17-16-5-2-3-8-19(16)24-20(17)18/h2-3,5,8,11,14-15,18,24H,4,6-7,9-10,12-13H2,1H3/t18-/m1/s1. The molecule has 3 heterocycles. The zero-order valence-corrected chi connectivity index (χ0v) is 15.8. The van der Waals surface area contributed by atoms with E-state index < -0.39 is 0 Å². The van der Waals surface area contributed by atoms with Gasteiger partial charge in [-0.3, -0.25) is 4.79 Å². The van der Waals surface area contributed by atoms with Crippen LogP contribution in [0.5, 0.6) is 0 Å². The lowest BCUT2D eigenvalue weighted by molar-refractivity contribution is -0.134. The molecule has 0 unspecified atom stereocenters. The number of rotatable bonds is 2. The van der Waals surface area contributed by atoms with E-state index in [1.165, 1.54) is 16.6 Å². The van der Waals surface area contributed by atoms with Crippen LogP contribution in [0.3, 0.4) is 0 Å². The van der Waals surface area contributed by atoms with Crippen molar-refractivity contribution in [3.05, 3.63) is 53.7 Å². The Morgan fingerprint density at radius 1 is 1.19 bits per heavy atom. The predicted octanol–water partition coefficient (Wildman–Crippen LogP) is 3.73. The Kier molecular flexibility index (Phi) is 4.03. The molecule has 5 nitrogen and oxygen atoms in total. The summed E-state index contributed by atoms with van der Waals surface area (Å²) in [6.07, 6.45) is 9.00. The van der Waals surface area contributed by atoms with Crippen LogP contribution >= 0.6 is 0 Å². The van der Waals surface area contributed by atoms with Crippen LogP contribution in [0.4, 0.5) is 0 Å².